The van der Waals surface area contributed by atoms with Gasteiger partial charge in [0, 0.05) is 17.5 Å². The molecule has 1 aromatic heterocycles. The van der Waals surface area contributed by atoms with Gasteiger partial charge in [0.2, 0.25) is 0 Å². The molecule has 21 heavy (non-hydrogen) atoms. The Hall–Kier alpha value is -1.83. The van der Waals surface area contributed by atoms with E-state index in [0.29, 0.717) is 0 Å². The average molecular weight is 283 g/mol. The van der Waals surface area contributed by atoms with E-state index in [4.69, 9.17) is 4.74 Å². The van der Waals surface area contributed by atoms with Gasteiger partial charge in [0.15, 0.2) is 0 Å². The summed E-state index contributed by atoms with van der Waals surface area (Å²) < 4.78 is 5.69. The lowest BCUT2D eigenvalue weighted by atomic mass is 10.1. The molecule has 0 saturated carbocycles. The van der Waals surface area contributed by atoms with Gasteiger partial charge in [0.05, 0.1) is 6.61 Å². The molecule has 0 atom stereocenters. The third-order valence-corrected chi connectivity index (χ3v) is 3.57. The number of hydrogen-bond acceptors (Lipinski definition) is 2. The van der Waals surface area contributed by atoms with Crippen LogP contribution >= 0.6 is 0 Å². The van der Waals surface area contributed by atoms with Crippen LogP contribution in [-0.4, -0.2) is 11.6 Å². The number of benzene rings is 1. The van der Waals surface area contributed by atoms with Crippen LogP contribution < -0.4 is 4.74 Å². The first kappa shape index (κ1) is 15.6. The second-order valence-electron chi connectivity index (χ2n) is 5.37. The Morgan fingerprint density at radius 2 is 1.57 bits per heavy atom. The molecule has 0 aliphatic heterocycles. The van der Waals surface area contributed by atoms with Crippen molar-refractivity contribution in [2.24, 2.45) is 0 Å². The van der Waals surface area contributed by atoms with Gasteiger partial charge in [0.1, 0.15) is 5.75 Å². The molecule has 0 spiro atoms. The molecule has 0 fully saturated rings. The first-order chi connectivity index (χ1) is 10.3. The Labute approximate surface area is 128 Å². The van der Waals surface area contributed by atoms with Gasteiger partial charge in [-0.2, -0.15) is 0 Å². The maximum absolute atomic E-state index is 5.69. The summed E-state index contributed by atoms with van der Waals surface area (Å²) >= 11 is 0. The molecule has 2 rings (SSSR count). The summed E-state index contributed by atoms with van der Waals surface area (Å²) in [5.41, 5.74) is 3.53. The maximum atomic E-state index is 5.69. The van der Waals surface area contributed by atoms with Crippen molar-refractivity contribution in [1.29, 1.82) is 0 Å². The molecule has 0 N–H and O–H groups in total. The minimum Gasteiger partial charge on any atom is -0.494 e. The molecule has 112 valence electrons. The summed E-state index contributed by atoms with van der Waals surface area (Å²) in [7, 11) is 0. The van der Waals surface area contributed by atoms with E-state index >= 15 is 0 Å². The Morgan fingerprint density at radius 1 is 0.857 bits per heavy atom. The van der Waals surface area contributed by atoms with Gasteiger partial charge >= 0.3 is 0 Å². The standard InChI is InChI=1S/C19H25NO/c1-3-5-7-18-11-8-17(15-20-18)16-9-12-19(13-10-16)21-14-6-4-2/h8-13,15H,3-7,14H2,1-2H3. The highest BCUT2D eigenvalue weighted by Gasteiger charge is 2.00. The second kappa shape index (κ2) is 8.46. The number of hydrogen-bond donors (Lipinski definition) is 0. The zero-order valence-electron chi connectivity index (χ0n) is 13.1. The number of ether oxygens (including phenoxy) is 1. The van der Waals surface area contributed by atoms with E-state index in [2.05, 4.69) is 43.1 Å². The fourth-order valence-corrected chi connectivity index (χ4v) is 2.18. The van der Waals surface area contributed by atoms with Gasteiger partial charge < -0.3 is 4.74 Å². The summed E-state index contributed by atoms with van der Waals surface area (Å²) in [5, 5.41) is 0. The lowest BCUT2D eigenvalue weighted by Crippen LogP contribution is -1.96. The van der Waals surface area contributed by atoms with E-state index < -0.39 is 0 Å². The molecule has 0 aliphatic rings. The maximum Gasteiger partial charge on any atom is 0.119 e. The van der Waals surface area contributed by atoms with Gasteiger partial charge in [-0.15, -0.1) is 0 Å². The van der Waals surface area contributed by atoms with Crippen LogP contribution in [0.5, 0.6) is 5.75 Å². The lowest BCUT2D eigenvalue weighted by Gasteiger charge is -2.07. The number of pyridine rings is 1. The molecular weight excluding hydrogens is 258 g/mol. The average Bonchev–Trinajstić information content (AvgIpc) is 2.54. The lowest BCUT2D eigenvalue weighted by molar-refractivity contribution is 0.309. The van der Waals surface area contributed by atoms with E-state index in [1.807, 2.05) is 18.3 Å². The predicted molar refractivity (Wildman–Crippen MR) is 88.7 cm³/mol. The van der Waals surface area contributed by atoms with Gasteiger partial charge in [-0.25, -0.2) is 0 Å². The van der Waals surface area contributed by atoms with Crippen molar-refractivity contribution in [3.8, 4) is 16.9 Å². The van der Waals surface area contributed by atoms with Gasteiger partial charge in [-0.1, -0.05) is 44.9 Å². The molecule has 0 unspecified atom stereocenters. The minimum atomic E-state index is 0.795. The summed E-state index contributed by atoms with van der Waals surface area (Å²) in [6.45, 7) is 5.17. The van der Waals surface area contributed by atoms with Crippen LogP contribution in [0.25, 0.3) is 11.1 Å². The zero-order valence-corrected chi connectivity index (χ0v) is 13.1. The fraction of sp³-hybridized carbons (Fsp3) is 0.421. The fourth-order valence-electron chi connectivity index (χ4n) is 2.18. The highest BCUT2D eigenvalue weighted by atomic mass is 16.5. The molecule has 0 amide bonds. The Bertz CT molecular complexity index is 516. The van der Waals surface area contributed by atoms with Crippen molar-refractivity contribution in [2.45, 2.75) is 46.0 Å². The third-order valence-electron chi connectivity index (χ3n) is 3.57. The first-order valence-electron chi connectivity index (χ1n) is 8.01. The van der Waals surface area contributed by atoms with Crippen molar-refractivity contribution in [2.75, 3.05) is 6.61 Å². The molecule has 1 heterocycles. The zero-order chi connectivity index (χ0) is 14.9. The monoisotopic (exact) mass is 283 g/mol. The molecule has 2 nitrogen and oxygen atoms in total. The van der Waals surface area contributed by atoms with E-state index in [1.165, 1.54) is 24.1 Å². The van der Waals surface area contributed by atoms with E-state index in [-0.39, 0.29) is 0 Å². The van der Waals surface area contributed by atoms with E-state index in [1.54, 1.807) is 0 Å². The summed E-state index contributed by atoms with van der Waals surface area (Å²) in [6, 6.07) is 12.6. The largest absolute Gasteiger partial charge is 0.494 e. The molecular formula is C19H25NO. The topological polar surface area (TPSA) is 22.1 Å². The Balaban J connectivity index is 1.97. The molecule has 2 aromatic rings. The van der Waals surface area contributed by atoms with Gasteiger partial charge in [0.25, 0.3) is 0 Å². The molecule has 0 bridgehead atoms. The molecule has 1 aromatic carbocycles. The van der Waals surface area contributed by atoms with Gasteiger partial charge in [-0.3, -0.25) is 4.98 Å². The van der Waals surface area contributed by atoms with Crippen LogP contribution in [0.1, 0.15) is 45.2 Å². The van der Waals surface area contributed by atoms with Crippen LogP contribution in [0.15, 0.2) is 42.6 Å². The smallest absolute Gasteiger partial charge is 0.119 e. The van der Waals surface area contributed by atoms with Crippen molar-refractivity contribution in [3.63, 3.8) is 0 Å². The van der Waals surface area contributed by atoms with Crippen molar-refractivity contribution < 1.29 is 4.74 Å². The normalized spacial score (nSPS) is 10.6. The quantitative estimate of drug-likeness (QED) is 0.616. The van der Waals surface area contributed by atoms with Crippen molar-refractivity contribution >= 4 is 0 Å². The number of unbranched alkanes of at least 4 members (excludes halogenated alkanes) is 2. The van der Waals surface area contributed by atoms with Crippen LogP contribution in [0.2, 0.25) is 0 Å². The predicted octanol–water partition coefficient (Wildman–Crippen LogP) is 5.27. The molecule has 0 aliphatic carbocycles. The van der Waals surface area contributed by atoms with Crippen LogP contribution in [0.4, 0.5) is 0 Å². The van der Waals surface area contributed by atoms with Crippen LogP contribution in [0.3, 0.4) is 0 Å². The highest BCUT2D eigenvalue weighted by molar-refractivity contribution is 5.63. The second-order valence-corrected chi connectivity index (χ2v) is 5.37. The summed E-state index contributed by atoms with van der Waals surface area (Å²) in [6.07, 6.45) is 7.72. The van der Waals surface area contributed by atoms with Crippen LogP contribution in [0, 0.1) is 0 Å². The third kappa shape index (κ3) is 4.89. The first-order valence-corrected chi connectivity index (χ1v) is 8.01. The van der Waals surface area contributed by atoms with E-state index in [9.17, 15) is 0 Å². The molecule has 2 heteroatoms. The van der Waals surface area contributed by atoms with Gasteiger partial charge in [-0.05, 0) is 43.0 Å². The number of aromatic nitrogens is 1. The van der Waals surface area contributed by atoms with Crippen molar-refractivity contribution in [1.82, 2.24) is 4.98 Å². The summed E-state index contributed by atoms with van der Waals surface area (Å²) in [5.74, 6) is 0.944. The molecule has 0 radical (unpaired) electrons. The highest BCUT2D eigenvalue weighted by Crippen LogP contribution is 2.22. The Morgan fingerprint density at radius 3 is 2.19 bits per heavy atom. The minimum absolute atomic E-state index is 0.795. The number of aryl methyl sites for hydroxylation is 1. The number of nitrogens with zero attached hydrogens (tertiary/aromatic N) is 1. The summed E-state index contributed by atoms with van der Waals surface area (Å²) in [4.78, 5) is 4.54. The SMILES string of the molecule is CCCCOc1ccc(-c2ccc(CCCC)nc2)cc1. The van der Waals surface area contributed by atoms with Crippen molar-refractivity contribution in [3.05, 3.63) is 48.3 Å². The van der Waals surface area contributed by atoms with E-state index in [0.717, 1.165) is 37.2 Å². The molecule has 0 saturated heterocycles. The Kier molecular flexibility index (Phi) is 6.26. The number of rotatable bonds is 8. The van der Waals surface area contributed by atoms with Crippen LogP contribution in [-0.2, 0) is 6.42 Å².